The van der Waals surface area contributed by atoms with E-state index in [0.29, 0.717) is 17.9 Å². The Hall–Kier alpha value is -3.89. The minimum absolute atomic E-state index is 0.0179. The number of aliphatic hydroxyl groups excluding tert-OH is 3. The number of benzene rings is 2. The van der Waals surface area contributed by atoms with Crippen molar-refractivity contribution in [3.05, 3.63) is 98.8 Å². The van der Waals surface area contributed by atoms with Crippen molar-refractivity contribution in [1.29, 1.82) is 0 Å². The van der Waals surface area contributed by atoms with Gasteiger partial charge in [-0.1, -0.05) is 30.3 Å². The number of aromatic nitrogens is 2. The molecule has 1 amide bonds. The molecule has 14 heteroatoms. The summed E-state index contributed by atoms with van der Waals surface area (Å²) in [5, 5.41) is 34.2. The van der Waals surface area contributed by atoms with E-state index < -0.39 is 66.3 Å². The number of nitrogens with one attached hydrogen (secondary N) is 2. The van der Waals surface area contributed by atoms with Crippen LogP contribution in [0.3, 0.4) is 0 Å². The molecule has 2 saturated heterocycles. The molecule has 14 nitrogen and oxygen atoms in total. The van der Waals surface area contributed by atoms with Gasteiger partial charge >= 0.3 is 5.69 Å². The second-order valence-electron chi connectivity index (χ2n) is 10.3. The Bertz CT molecular complexity index is 1480. The van der Waals surface area contributed by atoms with Crippen LogP contribution in [-0.2, 0) is 20.8 Å². The van der Waals surface area contributed by atoms with Gasteiger partial charge in [-0.3, -0.25) is 19.1 Å². The van der Waals surface area contributed by atoms with Crippen molar-refractivity contribution in [1.82, 2.24) is 14.9 Å². The van der Waals surface area contributed by atoms with E-state index in [2.05, 4.69) is 10.3 Å². The maximum Gasteiger partial charge on any atom is 0.330 e. The van der Waals surface area contributed by atoms with Crippen LogP contribution in [0.25, 0.3) is 0 Å². The number of ether oxygens (including phenoxy) is 4. The minimum Gasteiger partial charge on any atom is -0.489 e. The first-order valence-corrected chi connectivity index (χ1v) is 13.8. The van der Waals surface area contributed by atoms with Crippen molar-refractivity contribution >= 4 is 5.91 Å². The van der Waals surface area contributed by atoms with Gasteiger partial charge in [0.15, 0.2) is 12.5 Å². The lowest BCUT2D eigenvalue weighted by atomic mass is 10.1. The van der Waals surface area contributed by atoms with E-state index in [0.717, 1.165) is 16.2 Å². The quantitative estimate of drug-likeness (QED) is 0.158. The smallest absolute Gasteiger partial charge is 0.330 e. The third kappa shape index (κ3) is 7.19. The fraction of sp³-hybridized carbons (Fsp3) is 0.414. The van der Waals surface area contributed by atoms with Gasteiger partial charge in [0.05, 0.1) is 6.10 Å². The molecule has 2 aromatic carbocycles. The first-order valence-electron chi connectivity index (χ1n) is 13.8. The van der Waals surface area contributed by atoms with Crippen molar-refractivity contribution in [2.45, 2.75) is 62.2 Å². The van der Waals surface area contributed by atoms with Gasteiger partial charge < -0.3 is 45.3 Å². The summed E-state index contributed by atoms with van der Waals surface area (Å²) in [6.45, 7) is 0.158. The molecule has 1 aromatic heterocycles. The summed E-state index contributed by atoms with van der Waals surface area (Å²) in [4.78, 5) is 38.9. The summed E-state index contributed by atoms with van der Waals surface area (Å²) in [5.41, 5.74) is 5.58. The number of rotatable bonds is 11. The Morgan fingerprint density at radius 1 is 1.05 bits per heavy atom. The highest BCUT2D eigenvalue weighted by atomic mass is 16.7. The zero-order chi connectivity index (χ0) is 30.5. The van der Waals surface area contributed by atoms with E-state index in [-0.39, 0.29) is 19.5 Å². The van der Waals surface area contributed by atoms with E-state index >= 15 is 0 Å². The number of amides is 1. The molecule has 0 unspecified atom stereocenters. The Labute approximate surface area is 245 Å². The predicted molar refractivity (Wildman–Crippen MR) is 150 cm³/mol. The summed E-state index contributed by atoms with van der Waals surface area (Å²) in [6.07, 6.45) is -7.94. The van der Waals surface area contributed by atoms with Gasteiger partial charge in [0.25, 0.3) is 11.5 Å². The normalized spacial score (nSPS) is 27.6. The molecular weight excluding hydrogens is 564 g/mol. The first-order chi connectivity index (χ1) is 20.7. The molecule has 5 rings (SSSR count). The van der Waals surface area contributed by atoms with Crippen LogP contribution in [0.1, 0.15) is 28.6 Å². The molecule has 0 saturated carbocycles. The molecule has 2 aliphatic rings. The van der Waals surface area contributed by atoms with Crippen molar-refractivity contribution in [2.24, 2.45) is 5.73 Å². The maximum atomic E-state index is 13.0. The Kier molecular flexibility index (Phi) is 9.67. The van der Waals surface area contributed by atoms with Crippen molar-refractivity contribution in [3.8, 4) is 5.75 Å². The monoisotopic (exact) mass is 598 g/mol. The highest BCUT2D eigenvalue weighted by molar-refractivity contribution is 5.94. The average molecular weight is 599 g/mol. The largest absolute Gasteiger partial charge is 0.489 e. The number of aliphatic hydroxyl groups is 3. The van der Waals surface area contributed by atoms with Crippen LogP contribution < -0.4 is 27.0 Å². The molecular formula is C29H34N4O10. The number of H-pyrrole nitrogens is 1. The number of aromatic amines is 1. The molecule has 8 atom stereocenters. The van der Waals surface area contributed by atoms with Gasteiger partial charge in [-0.05, 0) is 29.8 Å². The van der Waals surface area contributed by atoms with Crippen LogP contribution in [0.4, 0.5) is 0 Å². The minimum atomic E-state index is -1.43. The van der Waals surface area contributed by atoms with Gasteiger partial charge in [-0.15, -0.1) is 0 Å². The number of hydrogen-bond acceptors (Lipinski definition) is 11. The topological polar surface area (TPSA) is 208 Å². The molecule has 0 aliphatic carbocycles. The Balaban J connectivity index is 1.26. The summed E-state index contributed by atoms with van der Waals surface area (Å²) < 4.78 is 24.3. The second-order valence-corrected chi connectivity index (χ2v) is 10.3. The first kappa shape index (κ1) is 30.6. The lowest BCUT2D eigenvalue weighted by Crippen LogP contribution is -2.45. The number of hydrogen-bond donors (Lipinski definition) is 6. The van der Waals surface area contributed by atoms with Crippen LogP contribution in [0.15, 0.2) is 76.4 Å². The van der Waals surface area contributed by atoms with Crippen LogP contribution >= 0.6 is 0 Å². The summed E-state index contributed by atoms with van der Waals surface area (Å²) in [7, 11) is 0. The maximum absolute atomic E-state index is 13.0. The van der Waals surface area contributed by atoms with Crippen LogP contribution in [-0.4, -0.2) is 86.8 Å². The SMILES string of the molecule is NC[C@H]1O[C@@H](O[C@@H](CNC(=O)c2ccc(OCc3ccccc3)cc2)[C@@H]2C[C@@H](O)[C@H](n3ccc(=O)[nH]c3=O)O2)[C@H](O)[C@@H]1O. The highest BCUT2D eigenvalue weighted by Crippen LogP contribution is 2.32. The third-order valence-electron chi connectivity index (χ3n) is 7.35. The van der Waals surface area contributed by atoms with Crippen LogP contribution in [0.5, 0.6) is 5.75 Å². The molecule has 230 valence electrons. The lowest BCUT2D eigenvalue weighted by Gasteiger charge is -2.28. The third-order valence-corrected chi connectivity index (χ3v) is 7.35. The lowest BCUT2D eigenvalue weighted by molar-refractivity contribution is -0.212. The highest BCUT2D eigenvalue weighted by Gasteiger charge is 2.47. The number of carbonyl (C=O) groups excluding carboxylic acids is 1. The van der Waals surface area contributed by atoms with Crippen LogP contribution in [0.2, 0.25) is 0 Å². The van der Waals surface area contributed by atoms with Gasteiger partial charge in [0, 0.05) is 37.3 Å². The zero-order valence-electron chi connectivity index (χ0n) is 23.0. The van der Waals surface area contributed by atoms with Crippen molar-refractivity contribution < 1.29 is 39.1 Å². The number of nitrogens with two attached hydrogens (primary N) is 1. The second kappa shape index (κ2) is 13.6. The fourth-order valence-electron chi connectivity index (χ4n) is 5.00. The van der Waals surface area contributed by atoms with Crippen molar-refractivity contribution in [3.63, 3.8) is 0 Å². The van der Waals surface area contributed by atoms with Gasteiger partial charge in [-0.25, -0.2) is 4.79 Å². The molecule has 2 aliphatic heterocycles. The van der Waals surface area contributed by atoms with Crippen molar-refractivity contribution in [2.75, 3.05) is 13.1 Å². The standard InChI is InChI=1S/C29H34N4O10/c30-13-21-24(36)25(37)28(42-21)43-22(20-12-19(34)27(41-20)33-11-10-23(35)32-29(33)39)14-31-26(38)17-6-8-18(9-7-17)40-15-16-4-2-1-3-5-16/h1-11,19-22,24-25,27-28,34,36-37H,12-15,30H2,(H,31,38)(H,32,35,39)/t19-,20+,21-,22+,24-,25-,27-,28+/m1/s1. The number of nitrogens with zero attached hydrogens (tertiary/aromatic N) is 1. The summed E-state index contributed by atoms with van der Waals surface area (Å²) in [6, 6.07) is 17.3. The van der Waals surface area contributed by atoms with E-state index in [1.165, 1.54) is 6.20 Å². The van der Waals surface area contributed by atoms with E-state index in [4.69, 9.17) is 24.7 Å². The van der Waals surface area contributed by atoms with Gasteiger partial charge in [0.2, 0.25) is 0 Å². The van der Waals surface area contributed by atoms with Gasteiger partial charge in [0.1, 0.15) is 42.9 Å². The summed E-state index contributed by atoms with van der Waals surface area (Å²) >= 11 is 0. The zero-order valence-corrected chi connectivity index (χ0v) is 23.0. The average Bonchev–Trinajstić information content (AvgIpc) is 3.52. The van der Waals surface area contributed by atoms with Crippen LogP contribution in [0, 0.1) is 0 Å². The molecule has 0 spiro atoms. The molecule has 0 radical (unpaired) electrons. The Morgan fingerprint density at radius 3 is 2.47 bits per heavy atom. The Morgan fingerprint density at radius 2 is 1.79 bits per heavy atom. The molecule has 0 bridgehead atoms. The molecule has 3 heterocycles. The molecule has 3 aromatic rings. The molecule has 7 N–H and O–H groups in total. The van der Waals surface area contributed by atoms with Gasteiger partial charge in [-0.2, -0.15) is 0 Å². The summed E-state index contributed by atoms with van der Waals surface area (Å²) in [5.74, 6) is 0.141. The number of carbonyl (C=O) groups is 1. The van der Waals surface area contributed by atoms with E-state index in [1.54, 1.807) is 24.3 Å². The van der Waals surface area contributed by atoms with E-state index in [9.17, 15) is 29.7 Å². The van der Waals surface area contributed by atoms with E-state index in [1.807, 2.05) is 30.3 Å². The molecule has 43 heavy (non-hydrogen) atoms. The predicted octanol–water partition coefficient (Wildman–Crippen LogP) is -1.02. The fourth-order valence-corrected chi connectivity index (χ4v) is 5.00. The molecule has 2 fully saturated rings.